The molecule has 1 saturated heterocycles. The normalized spacial score (nSPS) is 20.4. The number of rotatable bonds is 9. The van der Waals surface area contributed by atoms with Gasteiger partial charge >= 0.3 is 11.5 Å². The molecule has 0 bridgehead atoms. The van der Waals surface area contributed by atoms with Crippen LogP contribution in [0, 0.1) is 0 Å². The number of amides is 1. The first-order chi connectivity index (χ1) is 19.7. The van der Waals surface area contributed by atoms with Crippen LogP contribution in [0.5, 0.6) is 0 Å². The van der Waals surface area contributed by atoms with E-state index in [0.717, 1.165) is 12.1 Å². The number of alkyl halides is 3. The molecule has 1 N–H and O–H groups in total. The van der Waals surface area contributed by atoms with Gasteiger partial charge in [-0.2, -0.15) is 13.2 Å². The van der Waals surface area contributed by atoms with Crippen LogP contribution in [0.2, 0.25) is 10.0 Å². The van der Waals surface area contributed by atoms with Crippen molar-refractivity contribution in [3.63, 3.8) is 0 Å². The van der Waals surface area contributed by atoms with E-state index < -0.39 is 56.4 Å². The molecule has 3 aromatic rings. The standard InChI is InChI=1S/C29H26Cl2F3NO6S/c1-2-3-23(28(37)38)35-25(18-6-10-20(30)11-7-18)26(19-8-12-21(31)13-9-19)41-24(27(35)36)16-17-4-14-22(15-5-17)42(39,40)29(32,33)34/h4-15,23-26H,2-3,16H2,1H3,(H,37,38)/t23-,24+,25-,26+/m1/s1. The smallest absolute Gasteiger partial charge is 0.480 e. The number of carbonyl (C=O) groups excluding carboxylic acids is 1. The molecule has 42 heavy (non-hydrogen) atoms. The van der Waals surface area contributed by atoms with Crippen molar-refractivity contribution < 1.29 is 41.0 Å². The lowest BCUT2D eigenvalue weighted by atomic mass is 9.88. The number of aliphatic carboxylic acids is 1. The Morgan fingerprint density at radius 3 is 1.95 bits per heavy atom. The third-order valence-electron chi connectivity index (χ3n) is 6.98. The minimum absolute atomic E-state index is 0.148. The van der Waals surface area contributed by atoms with E-state index >= 15 is 0 Å². The zero-order valence-electron chi connectivity index (χ0n) is 22.1. The summed E-state index contributed by atoms with van der Waals surface area (Å²) in [6.07, 6.45) is -1.65. The molecule has 0 aliphatic carbocycles. The molecule has 4 rings (SSSR count). The first kappa shape index (κ1) is 31.8. The number of hydrogen-bond donors (Lipinski definition) is 1. The van der Waals surface area contributed by atoms with Crippen LogP contribution < -0.4 is 0 Å². The Morgan fingerprint density at radius 1 is 0.952 bits per heavy atom. The summed E-state index contributed by atoms with van der Waals surface area (Å²) in [6.45, 7) is 1.79. The number of sulfone groups is 1. The molecule has 0 radical (unpaired) electrons. The third-order valence-corrected chi connectivity index (χ3v) is 8.99. The van der Waals surface area contributed by atoms with Crippen LogP contribution in [-0.2, 0) is 30.6 Å². The van der Waals surface area contributed by atoms with Crippen LogP contribution >= 0.6 is 23.2 Å². The van der Waals surface area contributed by atoms with Gasteiger partial charge in [0.15, 0.2) is 0 Å². The summed E-state index contributed by atoms with van der Waals surface area (Å²) in [5, 5.41) is 11.1. The fourth-order valence-electron chi connectivity index (χ4n) is 4.96. The van der Waals surface area contributed by atoms with Gasteiger partial charge in [0, 0.05) is 16.5 Å². The number of benzene rings is 3. The lowest BCUT2D eigenvalue weighted by Crippen LogP contribution is -2.57. The van der Waals surface area contributed by atoms with Gasteiger partial charge in [-0.25, -0.2) is 13.2 Å². The van der Waals surface area contributed by atoms with E-state index in [4.69, 9.17) is 27.9 Å². The van der Waals surface area contributed by atoms with Gasteiger partial charge in [0.25, 0.3) is 15.7 Å². The molecule has 0 saturated carbocycles. The highest BCUT2D eigenvalue weighted by Crippen LogP contribution is 2.44. The minimum Gasteiger partial charge on any atom is -0.480 e. The lowest BCUT2D eigenvalue weighted by Gasteiger charge is -2.47. The predicted molar refractivity (Wildman–Crippen MR) is 150 cm³/mol. The summed E-state index contributed by atoms with van der Waals surface area (Å²) in [7, 11) is -5.55. The molecule has 1 aliphatic heterocycles. The van der Waals surface area contributed by atoms with Crippen molar-refractivity contribution in [2.24, 2.45) is 0 Å². The summed E-state index contributed by atoms with van der Waals surface area (Å²) in [4.78, 5) is 26.9. The van der Waals surface area contributed by atoms with E-state index in [-0.39, 0.29) is 12.8 Å². The molecule has 7 nitrogen and oxygen atoms in total. The topological polar surface area (TPSA) is 101 Å². The van der Waals surface area contributed by atoms with Crippen LogP contribution in [-0.4, -0.2) is 48.0 Å². The van der Waals surface area contributed by atoms with Crippen molar-refractivity contribution in [1.82, 2.24) is 4.90 Å². The Kier molecular flexibility index (Phi) is 9.56. The first-order valence-corrected chi connectivity index (χ1v) is 15.1. The van der Waals surface area contributed by atoms with Crippen LogP contribution in [0.3, 0.4) is 0 Å². The van der Waals surface area contributed by atoms with Gasteiger partial charge < -0.3 is 14.7 Å². The highest BCUT2D eigenvalue weighted by molar-refractivity contribution is 7.92. The molecular formula is C29H26Cl2F3NO6S. The lowest BCUT2D eigenvalue weighted by molar-refractivity contribution is -0.184. The van der Waals surface area contributed by atoms with Crippen molar-refractivity contribution >= 4 is 44.9 Å². The Balaban J connectivity index is 1.79. The van der Waals surface area contributed by atoms with E-state index in [2.05, 4.69) is 0 Å². The summed E-state index contributed by atoms with van der Waals surface area (Å²) >= 11 is 12.2. The van der Waals surface area contributed by atoms with E-state index in [0.29, 0.717) is 33.2 Å². The van der Waals surface area contributed by atoms with Crippen molar-refractivity contribution in [3.05, 3.63) is 99.5 Å². The van der Waals surface area contributed by atoms with Gasteiger partial charge in [-0.3, -0.25) is 4.79 Å². The first-order valence-electron chi connectivity index (χ1n) is 12.9. The van der Waals surface area contributed by atoms with E-state index in [1.165, 1.54) is 17.0 Å². The van der Waals surface area contributed by atoms with Gasteiger partial charge in [0.1, 0.15) is 18.2 Å². The van der Waals surface area contributed by atoms with E-state index in [1.807, 2.05) is 0 Å². The molecule has 224 valence electrons. The molecule has 1 amide bonds. The molecule has 4 atom stereocenters. The van der Waals surface area contributed by atoms with Gasteiger partial charge in [0.05, 0.1) is 10.9 Å². The zero-order valence-corrected chi connectivity index (χ0v) is 24.4. The molecule has 3 aromatic carbocycles. The number of carboxylic acid groups (broad SMARTS) is 1. The van der Waals surface area contributed by atoms with E-state index in [1.54, 1.807) is 55.5 Å². The molecule has 13 heteroatoms. The summed E-state index contributed by atoms with van der Waals surface area (Å²) in [5.41, 5.74) is -3.97. The Labute approximate surface area is 250 Å². The number of ether oxygens (including phenoxy) is 1. The molecule has 1 aliphatic rings. The fourth-order valence-corrected chi connectivity index (χ4v) is 5.97. The second kappa shape index (κ2) is 12.6. The number of carbonyl (C=O) groups is 2. The van der Waals surface area contributed by atoms with Crippen LogP contribution in [0.4, 0.5) is 13.2 Å². The summed E-state index contributed by atoms with van der Waals surface area (Å²) in [6, 6.07) is 15.2. The van der Waals surface area contributed by atoms with Gasteiger partial charge in [-0.05, 0) is 59.5 Å². The predicted octanol–water partition coefficient (Wildman–Crippen LogP) is 6.79. The van der Waals surface area contributed by atoms with Gasteiger partial charge in [-0.15, -0.1) is 0 Å². The van der Waals surface area contributed by atoms with Crippen LogP contribution in [0.25, 0.3) is 0 Å². The maximum absolute atomic E-state index is 14.0. The minimum atomic E-state index is -5.55. The molecule has 1 fully saturated rings. The Morgan fingerprint density at radius 2 is 1.48 bits per heavy atom. The number of morpholine rings is 1. The second-order valence-electron chi connectivity index (χ2n) is 9.78. The number of nitrogens with zero attached hydrogens (tertiary/aromatic N) is 1. The third kappa shape index (κ3) is 6.59. The monoisotopic (exact) mass is 643 g/mol. The van der Waals surface area contributed by atoms with Crippen molar-refractivity contribution in [2.45, 2.75) is 60.9 Å². The van der Waals surface area contributed by atoms with Crippen LogP contribution in [0.1, 0.15) is 48.6 Å². The molecule has 0 spiro atoms. The zero-order chi connectivity index (χ0) is 30.8. The molecule has 1 heterocycles. The van der Waals surface area contributed by atoms with Gasteiger partial charge in [0.2, 0.25) is 0 Å². The average molecular weight is 644 g/mol. The largest absolute Gasteiger partial charge is 0.501 e. The second-order valence-corrected chi connectivity index (χ2v) is 12.6. The summed E-state index contributed by atoms with van der Waals surface area (Å²) in [5.74, 6) is -1.84. The number of hydrogen-bond acceptors (Lipinski definition) is 5. The quantitative estimate of drug-likeness (QED) is 0.275. The van der Waals surface area contributed by atoms with E-state index in [9.17, 15) is 36.3 Å². The van der Waals surface area contributed by atoms with Gasteiger partial charge in [-0.1, -0.05) is 72.9 Å². The molecule has 0 unspecified atom stereocenters. The maximum atomic E-state index is 14.0. The fraction of sp³-hybridized carbons (Fsp3) is 0.310. The van der Waals surface area contributed by atoms with Crippen molar-refractivity contribution in [3.8, 4) is 0 Å². The highest BCUT2D eigenvalue weighted by Gasteiger charge is 2.49. The maximum Gasteiger partial charge on any atom is 0.501 e. The number of halogens is 5. The summed E-state index contributed by atoms with van der Waals surface area (Å²) < 4.78 is 68.9. The SMILES string of the molecule is CCC[C@H](C(=O)O)N1C(=O)[C@H](Cc2ccc(S(=O)(=O)C(F)(F)F)cc2)O[C@@H](c2ccc(Cl)cc2)[C@H]1c1ccc(Cl)cc1. The van der Waals surface area contributed by atoms with Crippen molar-refractivity contribution in [1.29, 1.82) is 0 Å². The number of carboxylic acids is 1. The van der Waals surface area contributed by atoms with Crippen molar-refractivity contribution in [2.75, 3.05) is 0 Å². The highest BCUT2D eigenvalue weighted by atomic mass is 35.5. The van der Waals surface area contributed by atoms with Crippen LogP contribution in [0.15, 0.2) is 77.7 Å². The Bertz CT molecular complexity index is 1530. The Hall–Kier alpha value is -3.12. The average Bonchev–Trinajstić information content (AvgIpc) is 2.93. The molecular weight excluding hydrogens is 618 g/mol. The molecule has 0 aromatic heterocycles.